The van der Waals surface area contributed by atoms with Crippen molar-refractivity contribution < 1.29 is 4.42 Å². The number of para-hydroxylation sites is 2. The number of nitrogens with zero attached hydrogens (tertiary/aromatic N) is 1. The molecule has 2 heteroatoms. The van der Waals surface area contributed by atoms with E-state index >= 15 is 0 Å². The fourth-order valence-corrected chi connectivity index (χ4v) is 6.04. The summed E-state index contributed by atoms with van der Waals surface area (Å²) in [5, 5.41) is 4.66. The van der Waals surface area contributed by atoms with Gasteiger partial charge < -0.3 is 9.32 Å². The van der Waals surface area contributed by atoms with E-state index in [4.69, 9.17) is 4.42 Å². The van der Waals surface area contributed by atoms with Crippen molar-refractivity contribution in [3.8, 4) is 22.3 Å². The molecule has 0 unspecified atom stereocenters. The molecule has 0 amide bonds. The molecular weight excluding hydrogens is 510 g/mol. The molecule has 0 bridgehead atoms. The maximum absolute atomic E-state index is 6.62. The van der Waals surface area contributed by atoms with Gasteiger partial charge in [0.2, 0.25) is 0 Å². The second-order valence-corrected chi connectivity index (χ2v) is 10.6. The third kappa shape index (κ3) is 4.13. The van der Waals surface area contributed by atoms with Gasteiger partial charge in [-0.15, -0.1) is 0 Å². The maximum Gasteiger partial charge on any atom is 0.160 e. The van der Waals surface area contributed by atoms with Crippen LogP contribution in [0.3, 0.4) is 0 Å². The van der Waals surface area contributed by atoms with E-state index in [2.05, 4.69) is 163 Å². The van der Waals surface area contributed by atoms with Gasteiger partial charge in [0.15, 0.2) is 5.58 Å². The van der Waals surface area contributed by atoms with Gasteiger partial charge in [0.1, 0.15) is 5.58 Å². The Morgan fingerprint density at radius 2 is 0.976 bits per heavy atom. The van der Waals surface area contributed by atoms with Crippen molar-refractivity contribution >= 4 is 49.8 Å². The molecule has 0 fully saturated rings. The normalized spacial score (nSPS) is 11.3. The summed E-state index contributed by atoms with van der Waals surface area (Å²) in [6.45, 7) is 0. The van der Waals surface area contributed by atoms with E-state index in [-0.39, 0.29) is 0 Å². The number of fused-ring (bicyclic) bond motifs is 5. The first-order valence-corrected chi connectivity index (χ1v) is 14.3. The first-order chi connectivity index (χ1) is 20.8. The average Bonchev–Trinajstić information content (AvgIpc) is 3.47. The lowest BCUT2D eigenvalue weighted by molar-refractivity contribution is 0.669. The van der Waals surface area contributed by atoms with Crippen LogP contribution in [-0.4, -0.2) is 0 Å². The summed E-state index contributed by atoms with van der Waals surface area (Å²) in [6.07, 6.45) is 0. The molecule has 0 aliphatic rings. The summed E-state index contributed by atoms with van der Waals surface area (Å²) < 4.78 is 6.62. The van der Waals surface area contributed by atoms with Crippen molar-refractivity contribution in [2.24, 2.45) is 0 Å². The minimum absolute atomic E-state index is 0.887. The van der Waals surface area contributed by atoms with Crippen LogP contribution in [0.4, 0.5) is 17.1 Å². The van der Waals surface area contributed by atoms with Crippen LogP contribution in [0, 0.1) is 0 Å². The average molecular weight is 538 g/mol. The summed E-state index contributed by atoms with van der Waals surface area (Å²) >= 11 is 0. The topological polar surface area (TPSA) is 16.4 Å². The molecule has 0 N–H and O–H groups in total. The van der Waals surface area contributed by atoms with Crippen molar-refractivity contribution in [3.63, 3.8) is 0 Å². The molecule has 1 heterocycles. The highest BCUT2D eigenvalue weighted by Crippen LogP contribution is 2.45. The summed E-state index contributed by atoms with van der Waals surface area (Å²) in [4.78, 5) is 2.31. The van der Waals surface area contributed by atoms with Gasteiger partial charge in [0, 0.05) is 22.1 Å². The van der Waals surface area contributed by atoms with Crippen molar-refractivity contribution in [3.05, 3.63) is 164 Å². The monoisotopic (exact) mass is 537 g/mol. The van der Waals surface area contributed by atoms with Gasteiger partial charge >= 0.3 is 0 Å². The molecule has 0 saturated carbocycles. The predicted octanol–water partition coefficient (Wildman–Crippen LogP) is 11.5. The SMILES string of the molecule is c1ccc(-c2cccc(-c3ccc(N(c4ccccc4)c4cc5ccccc5c5c4oc4ccccc45)cc3)c2)cc1. The Labute approximate surface area is 244 Å². The molecule has 0 spiro atoms. The Morgan fingerprint density at radius 3 is 1.74 bits per heavy atom. The van der Waals surface area contributed by atoms with E-state index in [1.54, 1.807) is 0 Å². The Hall–Kier alpha value is -5.60. The van der Waals surface area contributed by atoms with E-state index in [0.717, 1.165) is 39.0 Å². The zero-order valence-corrected chi connectivity index (χ0v) is 22.9. The van der Waals surface area contributed by atoms with E-state index in [0.29, 0.717) is 0 Å². The number of anilines is 3. The van der Waals surface area contributed by atoms with E-state index < -0.39 is 0 Å². The van der Waals surface area contributed by atoms with Crippen LogP contribution in [0.15, 0.2) is 168 Å². The second-order valence-electron chi connectivity index (χ2n) is 10.6. The summed E-state index contributed by atoms with van der Waals surface area (Å²) in [5.74, 6) is 0. The van der Waals surface area contributed by atoms with Crippen molar-refractivity contribution in [1.82, 2.24) is 0 Å². The molecule has 7 aromatic carbocycles. The zero-order valence-electron chi connectivity index (χ0n) is 22.9. The number of rotatable bonds is 5. The number of benzene rings is 7. The van der Waals surface area contributed by atoms with Gasteiger partial charge in [0.25, 0.3) is 0 Å². The largest absolute Gasteiger partial charge is 0.454 e. The molecule has 2 nitrogen and oxygen atoms in total. The van der Waals surface area contributed by atoms with Crippen molar-refractivity contribution in [1.29, 1.82) is 0 Å². The second kappa shape index (κ2) is 10.1. The first kappa shape index (κ1) is 24.2. The van der Waals surface area contributed by atoms with Gasteiger partial charge in [-0.3, -0.25) is 0 Å². The number of hydrogen-bond acceptors (Lipinski definition) is 2. The third-order valence-electron chi connectivity index (χ3n) is 8.03. The molecule has 0 saturated heterocycles. The number of hydrogen-bond donors (Lipinski definition) is 0. The molecule has 42 heavy (non-hydrogen) atoms. The minimum atomic E-state index is 0.887. The van der Waals surface area contributed by atoms with Gasteiger partial charge in [-0.1, -0.05) is 121 Å². The lowest BCUT2D eigenvalue weighted by Crippen LogP contribution is -2.10. The molecule has 1 aromatic heterocycles. The maximum atomic E-state index is 6.62. The third-order valence-corrected chi connectivity index (χ3v) is 8.03. The van der Waals surface area contributed by atoms with Crippen LogP contribution in [0.25, 0.3) is 55.0 Å². The van der Waals surface area contributed by atoms with Gasteiger partial charge in [-0.05, 0) is 75.5 Å². The highest BCUT2D eigenvalue weighted by molar-refractivity contribution is 6.22. The van der Waals surface area contributed by atoms with Crippen molar-refractivity contribution in [2.75, 3.05) is 4.90 Å². The summed E-state index contributed by atoms with van der Waals surface area (Å²) in [7, 11) is 0. The Kier molecular flexibility index (Phi) is 5.82. The van der Waals surface area contributed by atoms with E-state index in [1.807, 2.05) is 6.07 Å². The van der Waals surface area contributed by atoms with E-state index in [1.165, 1.54) is 33.0 Å². The fraction of sp³-hybridized carbons (Fsp3) is 0. The van der Waals surface area contributed by atoms with Crippen LogP contribution in [0.2, 0.25) is 0 Å². The molecule has 0 aliphatic carbocycles. The molecule has 0 aliphatic heterocycles. The standard InChI is InChI=1S/C40H27NO/c1-3-12-28(13-4-1)30-15-11-16-31(26-30)29-22-24-34(25-23-29)41(33-17-5-2-6-18-33)37-27-32-14-7-8-19-35(32)39-36-20-9-10-21-38(36)42-40(37)39/h1-27H. The molecular formula is C40H27NO. The number of furan rings is 1. The first-order valence-electron chi connectivity index (χ1n) is 14.3. The van der Waals surface area contributed by atoms with Crippen LogP contribution < -0.4 is 4.90 Å². The minimum Gasteiger partial charge on any atom is -0.454 e. The lowest BCUT2D eigenvalue weighted by atomic mass is 9.98. The molecule has 0 atom stereocenters. The van der Waals surface area contributed by atoms with Gasteiger partial charge in [-0.2, -0.15) is 0 Å². The lowest BCUT2D eigenvalue weighted by Gasteiger charge is -2.26. The highest BCUT2D eigenvalue weighted by Gasteiger charge is 2.21. The zero-order chi connectivity index (χ0) is 27.9. The molecule has 0 radical (unpaired) electrons. The van der Waals surface area contributed by atoms with Crippen LogP contribution in [-0.2, 0) is 0 Å². The van der Waals surface area contributed by atoms with Crippen LogP contribution in [0.1, 0.15) is 0 Å². The Balaban J connectivity index is 1.30. The quantitative estimate of drug-likeness (QED) is 0.217. The molecule has 8 aromatic rings. The highest BCUT2D eigenvalue weighted by atomic mass is 16.3. The van der Waals surface area contributed by atoms with Gasteiger partial charge in [-0.25, -0.2) is 0 Å². The molecule has 8 rings (SSSR count). The predicted molar refractivity (Wildman–Crippen MR) is 177 cm³/mol. The summed E-state index contributed by atoms with van der Waals surface area (Å²) in [5.41, 5.74) is 9.75. The summed E-state index contributed by atoms with van der Waals surface area (Å²) in [6, 6.07) is 57.8. The smallest absolute Gasteiger partial charge is 0.160 e. The Morgan fingerprint density at radius 1 is 0.405 bits per heavy atom. The van der Waals surface area contributed by atoms with Gasteiger partial charge in [0.05, 0.1) is 5.69 Å². The van der Waals surface area contributed by atoms with Crippen LogP contribution in [0.5, 0.6) is 0 Å². The fourth-order valence-electron chi connectivity index (χ4n) is 6.04. The van der Waals surface area contributed by atoms with Crippen molar-refractivity contribution in [2.45, 2.75) is 0 Å². The Bertz CT molecular complexity index is 2180. The van der Waals surface area contributed by atoms with E-state index in [9.17, 15) is 0 Å². The van der Waals surface area contributed by atoms with Crippen LogP contribution >= 0.6 is 0 Å². The molecule has 198 valence electrons.